The predicted molar refractivity (Wildman–Crippen MR) is 128 cm³/mol. The second-order valence-corrected chi connectivity index (χ2v) is 9.40. The van der Waals surface area contributed by atoms with Crippen LogP contribution < -0.4 is 20.7 Å². The van der Waals surface area contributed by atoms with Crippen LogP contribution in [0, 0.1) is 5.95 Å². The number of amides is 1. The molecule has 0 spiro atoms. The van der Waals surface area contributed by atoms with Gasteiger partial charge in [0.2, 0.25) is 5.95 Å². The molecule has 0 radical (unpaired) electrons. The highest BCUT2D eigenvalue weighted by Gasteiger charge is 2.25. The molecule has 1 saturated heterocycles. The second-order valence-electron chi connectivity index (χ2n) is 8.35. The minimum Gasteiger partial charge on any atom is -0.457 e. The molecule has 3 N–H and O–H groups in total. The van der Waals surface area contributed by atoms with Crippen LogP contribution >= 0.6 is 11.3 Å². The van der Waals surface area contributed by atoms with Crippen molar-refractivity contribution in [2.45, 2.75) is 25.5 Å². The lowest BCUT2D eigenvalue weighted by Crippen LogP contribution is -2.34. The Bertz CT molecular complexity index is 1420. The molecule has 2 aliphatic rings. The normalized spacial score (nSPS) is 20.0. The molecular formula is C23H21FN6O3S. The number of nitrogens with one attached hydrogen (secondary N) is 3. The van der Waals surface area contributed by atoms with Gasteiger partial charge in [-0.15, -0.1) is 11.3 Å². The Morgan fingerprint density at radius 3 is 2.97 bits per heavy atom. The molecule has 0 aliphatic carbocycles. The summed E-state index contributed by atoms with van der Waals surface area (Å²) in [5.41, 5.74) is 1.58. The molecule has 2 aliphatic heterocycles. The number of carbonyl (C=O) groups excluding carboxylic acids is 1. The average molecular weight is 481 g/mol. The van der Waals surface area contributed by atoms with E-state index in [-0.39, 0.29) is 29.9 Å². The lowest BCUT2D eigenvalue weighted by Gasteiger charge is -2.12. The van der Waals surface area contributed by atoms with Gasteiger partial charge in [-0.3, -0.25) is 4.79 Å². The molecular weight excluding hydrogens is 459 g/mol. The number of anilines is 3. The van der Waals surface area contributed by atoms with Gasteiger partial charge in [-0.2, -0.15) is 14.4 Å². The topological polar surface area (TPSA) is 110 Å². The molecule has 3 aromatic heterocycles. The molecule has 34 heavy (non-hydrogen) atoms. The molecule has 0 bridgehead atoms. The number of aromatic nitrogens is 3. The fourth-order valence-corrected chi connectivity index (χ4v) is 5.29. The summed E-state index contributed by atoms with van der Waals surface area (Å²) in [6, 6.07) is 8.81. The Morgan fingerprint density at radius 1 is 1.21 bits per heavy atom. The van der Waals surface area contributed by atoms with E-state index in [9.17, 15) is 9.18 Å². The van der Waals surface area contributed by atoms with Crippen molar-refractivity contribution in [3.05, 3.63) is 41.2 Å². The number of thiophene rings is 1. The van der Waals surface area contributed by atoms with E-state index in [0.29, 0.717) is 36.9 Å². The van der Waals surface area contributed by atoms with Crippen molar-refractivity contribution in [1.29, 1.82) is 0 Å². The van der Waals surface area contributed by atoms with Crippen molar-refractivity contribution >= 4 is 55.6 Å². The van der Waals surface area contributed by atoms with Crippen LogP contribution in [-0.2, 0) is 4.74 Å². The van der Waals surface area contributed by atoms with E-state index in [1.807, 2.05) is 25.1 Å². The molecule has 6 rings (SSSR count). The van der Waals surface area contributed by atoms with E-state index >= 15 is 0 Å². The first-order valence-electron chi connectivity index (χ1n) is 11.0. The van der Waals surface area contributed by atoms with Crippen LogP contribution in [0.1, 0.15) is 23.0 Å². The maximum atomic E-state index is 14.1. The molecule has 1 unspecified atom stereocenters. The van der Waals surface area contributed by atoms with Crippen LogP contribution in [0.25, 0.3) is 21.0 Å². The van der Waals surface area contributed by atoms with Crippen LogP contribution in [0.5, 0.6) is 6.01 Å². The third kappa shape index (κ3) is 3.86. The SMILES string of the molecule is CC1CNc2c(sc3ccc4nc(Nc5cc(F)nc(O[C@H]6CCOC6)n5)ccc4c23)C(=O)N1. The van der Waals surface area contributed by atoms with Gasteiger partial charge in [-0.25, -0.2) is 4.98 Å². The first-order chi connectivity index (χ1) is 16.5. The minimum atomic E-state index is -0.701. The monoisotopic (exact) mass is 480 g/mol. The minimum absolute atomic E-state index is 0.0365. The van der Waals surface area contributed by atoms with Gasteiger partial charge >= 0.3 is 6.01 Å². The molecule has 5 heterocycles. The number of hydrogen-bond donors (Lipinski definition) is 3. The third-order valence-electron chi connectivity index (χ3n) is 5.78. The van der Waals surface area contributed by atoms with Gasteiger partial charge < -0.3 is 25.4 Å². The van der Waals surface area contributed by atoms with E-state index in [1.165, 1.54) is 17.4 Å². The standard InChI is InChI=1S/C23H21FN6O3S/c1-11-9-25-20-19-13-2-5-17(27-14(13)3-4-15(19)34-21(20)22(31)26-11)29-18-8-16(24)28-23(30-18)33-12-6-7-32-10-12/h2-5,8,11-12,25H,6-7,9-10H2,1H3,(H,26,31)(H,27,28,29,30)/t11?,12-/m0/s1. The molecule has 11 heteroatoms. The fraction of sp³-hybridized carbons (Fsp3) is 0.304. The largest absolute Gasteiger partial charge is 0.457 e. The Balaban J connectivity index is 1.33. The highest BCUT2D eigenvalue weighted by molar-refractivity contribution is 7.21. The predicted octanol–water partition coefficient (Wildman–Crippen LogP) is 3.83. The number of carbonyl (C=O) groups is 1. The summed E-state index contributed by atoms with van der Waals surface area (Å²) >= 11 is 1.46. The molecule has 0 saturated carbocycles. The summed E-state index contributed by atoms with van der Waals surface area (Å²) in [6.45, 7) is 3.65. The van der Waals surface area contributed by atoms with Crippen molar-refractivity contribution < 1.29 is 18.7 Å². The highest BCUT2D eigenvalue weighted by Crippen LogP contribution is 2.41. The number of pyridine rings is 1. The maximum absolute atomic E-state index is 14.1. The van der Waals surface area contributed by atoms with Crippen molar-refractivity contribution in [2.24, 2.45) is 0 Å². The van der Waals surface area contributed by atoms with Gasteiger partial charge in [0.05, 0.1) is 24.4 Å². The molecule has 1 aromatic carbocycles. The van der Waals surface area contributed by atoms with Crippen molar-refractivity contribution in [2.75, 3.05) is 30.4 Å². The lowest BCUT2D eigenvalue weighted by atomic mass is 10.1. The number of rotatable bonds is 4. The number of benzene rings is 1. The van der Waals surface area contributed by atoms with Crippen LogP contribution in [-0.4, -0.2) is 52.8 Å². The van der Waals surface area contributed by atoms with Gasteiger partial charge in [0.25, 0.3) is 5.91 Å². The number of fused-ring (bicyclic) bond motifs is 5. The van der Waals surface area contributed by atoms with Crippen molar-refractivity contribution in [3.63, 3.8) is 0 Å². The number of hydrogen-bond acceptors (Lipinski definition) is 9. The second kappa shape index (κ2) is 8.33. The summed E-state index contributed by atoms with van der Waals surface area (Å²) in [7, 11) is 0. The van der Waals surface area contributed by atoms with Crippen LogP contribution in [0.15, 0.2) is 30.3 Å². The van der Waals surface area contributed by atoms with Crippen LogP contribution in [0.4, 0.5) is 21.7 Å². The molecule has 1 fully saturated rings. The maximum Gasteiger partial charge on any atom is 0.321 e. The first-order valence-corrected chi connectivity index (χ1v) is 11.8. The Labute approximate surface area is 197 Å². The van der Waals surface area contributed by atoms with Gasteiger partial charge in [-0.1, -0.05) is 0 Å². The van der Waals surface area contributed by atoms with Crippen LogP contribution in [0.3, 0.4) is 0 Å². The third-order valence-corrected chi connectivity index (χ3v) is 6.94. The zero-order chi connectivity index (χ0) is 23.2. The molecule has 1 amide bonds. The zero-order valence-electron chi connectivity index (χ0n) is 18.2. The number of nitrogens with zero attached hydrogens (tertiary/aromatic N) is 3. The van der Waals surface area contributed by atoms with Gasteiger partial charge in [0.1, 0.15) is 22.6 Å². The zero-order valence-corrected chi connectivity index (χ0v) is 19.0. The van der Waals surface area contributed by atoms with Gasteiger partial charge in [0, 0.05) is 40.5 Å². The quantitative estimate of drug-likeness (QED) is 0.378. The fourth-order valence-electron chi connectivity index (χ4n) is 4.19. The number of ether oxygens (including phenoxy) is 2. The summed E-state index contributed by atoms with van der Waals surface area (Å²) in [5, 5.41) is 11.4. The molecule has 174 valence electrons. The Hall–Kier alpha value is -3.57. The van der Waals surface area contributed by atoms with Crippen molar-refractivity contribution in [1.82, 2.24) is 20.3 Å². The van der Waals surface area contributed by atoms with Crippen LogP contribution in [0.2, 0.25) is 0 Å². The van der Waals surface area contributed by atoms with E-state index in [2.05, 4.69) is 25.9 Å². The molecule has 2 atom stereocenters. The van der Waals surface area contributed by atoms with E-state index < -0.39 is 5.95 Å². The summed E-state index contributed by atoms with van der Waals surface area (Å²) in [4.78, 5) is 26.0. The first kappa shape index (κ1) is 21.0. The van der Waals surface area contributed by atoms with Gasteiger partial charge in [0.15, 0.2) is 0 Å². The molecule has 4 aromatic rings. The molecule has 9 nitrogen and oxygen atoms in total. The smallest absolute Gasteiger partial charge is 0.321 e. The Morgan fingerprint density at radius 2 is 2.12 bits per heavy atom. The van der Waals surface area contributed by atoms with E-state index in [1.54, 1.807) is 6.07 Å². The summed E-state index contributed by atoms with van der Waals surface area (Å²) < 4.78 is 26.0. The summed E-state index contributed by atoms with van der Waals surface area (Å²) in [5.74, 6) is -0.0265. The van der Waals surface area contributed by atoms with E-state index in [0.717, 1.165) is 26.7 Å². The lowest BCUT2D eigenvalue weighted by molar-refractivity contribution is 0.0949. The Kier molecular flexibility index (Phi) is 5.15. The highest BCUT2D eigenvalue weighted by atomic mass is 32.1. The van der Waals surface area contributed by atoms with Crippen molar-refractivity contribution in [3.8, 4) is 6.01 Å². The van der Waals surface area contributed by atoms with E-state index in [4.69, 9.17) is 14.5 Å². The number of halogens is 1. The van der Waals surface area contributed by atoms with Gasteiger partial charge in [-0.05, 0) is 31.2 Å². The summed E-state index contributed by atoms with van der Waals surface area (Å²) in [6.07, 6.45) is 0.528. The average Bonchev–Trinajstić information content (AvgIpc) is 3.42.